The molecular weight excluding hydrogens is 304 g/mol. The third-order valence-electron chi connectivity index (χ3n) is 4.18. The highest BCUT2D eigenvalue weighted by Gasteiger charge is 2.38. The molecule has 3 unspecified atom stereocenters. The zero-order chi connectivity index (χ0) is 16.8. The Bertz CT molecular complexity index is 602. The van der Waals surface area contributed by atoms with Crippen LogP contribution in [0.1, 0.15) is 24.5 Å². The molecule has 0 aromatic heterocycles. The third kappa shape index (κ3) is 4.65. The van der Waals surface area contributed by atoms with Gasteiger partial charge in [0.1, 0.15) is 6.10 Å². The molecule has 1 fully saturated rings. The number of hydrogen-bond acceptors (Lipinski definition) is 4. The molecule has 1 N–H and O–H groups in total. The molecule has 4 heteroatoms. The maximum absolute atomic E-state index is 10.3. The first kappa shape index (κ1) is 17.1. The van der Waals surface area contributed by atoms with Crippen LogP contribution >= 0.6 is 0 Å². The Hall–Kier alpha value is -1.72. The minimum atomic E-state index is -0.974. The maximum atomic E-state index is 10.3. The number of rotatable bonds is 6. The SMILES string of the molecule is CC1C[C@H](OCc2ccccc2)C(OCc2ccccc2)C(O)O1. The van der Waals surface area contributed by atoms with E-state index in [2.05, 4.69) is 0 Å². The first-order chi connectivity index (χ1) is 11.7. The van der Waals surface area contributed by atoms with E-state index >= 15 is 0 Å². The van der Waals surface area contributed by atoms with E-state index < -0.39 is 12.4 Å². The monoisotopic (exact) mass is 328 g/mol. The second-order valence-corrected chi connectivity index (χ2v) is 6.17. The number of aliphatic hydroxyl groups excluding tert-OH is 1. The lowest BCUT2D eigenvalue weighted by molar-refractivity contribution is -0.268. The molecule has 128 valence electrons. The van der Waals surface area contributed by atoms with Crippen molar-refractivity contribution in [1.29, 1.82) is 0 Å². The molecule has 1 heterocycles. The van der Waals surface area contributed by atoms with Crippen molar-refractivity contribution in [2.45, 2.75) is 51.2 Å². The summed E-state index contributed by atoms with van der Waals surface area (Å²) in [5.41, 5.74) is 2.16. The Morgan fingerprint density at radius 2 is 1.46 bits per heavy atom. The van der Waals surface area contributed by atoms with Crippen molar-refractivity contribution in [3.8, 4) is 0 Å². The maximum Gasteiger partial charge on any atom is 0.184 e. The summed E-state index contributed by atoms with van der Waals surface area (Å²) in [6.45, 7) is 2.86. The summed E-state index contributed by atoms with van der Waals surface area (Å²) in [6, 6.07) is 19.9. The quantitative estimate of drug-likeness (QED) is 0.884. The average Bonchev–Trinajstić information content (AvgIpc) is 2.61. The average molecular weight is 328 g/mol. The fraction of sp³-hybridized carbons (Fsp3) is 0.400. The Morgan fingerprint density at radius 1 is 0.917 bits per heavy atom. The fourth-order valence-electron chi connectivity index (χ4n) is 2.91. The lowest BCUT2D eigenvalue weighted by Crippen LogP contribution is -2.49. The Labute approximate surface area is 143 Å². The summed E-state index contributed by atoms with van der Waals surface area (Å²) in [6.07, 6.45) is -1.03. The first-order valence-corrected chi connectivity index (χ1v) is 8.37. The predicted octanol–water partition coefficient (Wildman–Crippen LogP) is 3.28. The zero-order valence-electron chi connectivity index (χ0n) is 13.9. The van der Waals surface area contributed by atoms with Crippen molar-refractivity contribution in [3.63, 3.8) is 0 Å². The van der Waals surface area contributed by atoms with Crippen LogP contribution in [0, 0.1) is 0 Å². The van der Waals surface area contributed by atoms with Gasteiger partial charge < -0.3 is 19.3 Å². The molecule has 0 amide bonds. The van der Waals surface area contributed by atoms with Crippen molar-refractivity contribution in [3.05, 3.63) is 71.8 Å². The van der Waals surface area contributed by atoms with Crippen LogP contribution in [0.5, 0.6) is 0 Å². The highest BCUT2D eigenvalue weighted by Crippen LogP contribution is 2.25. The molecule has 1 aliphatic rings. The smallest absolute Gasteiger partial charge is 0.184 e. The van der Waals surface area contributed by atoms with Gasteiger partial charge in [-0.3, -0.25) is 0 Å². The topological polar surface area (TPSA) is 47.9 Å². The van der Waals surface area contributed by atoms with E-state index in [0.717, 1.165) is 11.1 Å². The molecule has 0 aliphatic carbocycles. The number of benzene rings is 2. The highest BCUT2D eigenvalue weighted by atomic mass is 16.7. The molecule has 1 aliphatic heterocycles. The van der Waals surface area contributed by atoms with Crippen LogP contribution in [0.15, 0.2) is 60.7 Å². The molecule has 4 atom stereocenters. The standard InChI is InChI=1S/C20H24O4/c1-15-12-18(22-13-16-8-4-2-5-9-16)19(20(21)24-15)23-14-17-10-6-3-7-11-17/h2-11,15,18-21H,12-14H2,1H3/t15?,18-,19?,20?/m0/s1. The minimum absolute atomic E-state index is 0.0580. The van der Waals surface area contributed by atoms with Gasteiger partial charge in [-0.25, -0.2) is 0 Å². The predicted molar refractivity (Wildman–Crippen MR) is 91.2 cm³/mol. The lowest BCUT2D eigenvalue weighted by Gasteiger charge is -2.38. The van der Waals surface area contributed by atoms with Gasteiger partial charge in [0.2, 0.25) is 0 Å². The van der Waals surface area contributed by atoms with Gasteiger partial charge in [0.15, 0.2) is 6.29 Å². The molecule has 0 spiro atoms. The van der Waals surface area contributed by atoms with Gasteiger partial charge in [0, 0.05) is 6.42 Å². The van der Waals surface area contributed by atoms with Crippen LogP contribution in [0.2, 0.25) is 0 Å². The molecule has 24 heavy (non-hydrogen) atoms. The second kappa shape index (κ2) is 8.40. The van der Waals surface area contributed by atoms with Crippen molar-refractivity contribution < 1.29 is 19.3 Å². The van der Waals surface area contributed by atoms with E-state index in [-0.39, 0.29) is 12.2 Å². The molecule has 2 aromatic rings. The Morgan fingerprint density at radius 3 is 2.04 bits per heavy atom. The van der Waals surface area contributed by atoms with Crippen molar-refractivity contribution in [2.75, 3.05) is 0 Å². The molecule has 2 aromatic carbocycles. The van der Waals surface area contributed by atoms with Gasteiger partial charge in [0.25, 0.3) is 0 Å². The largest absolute Gasteiger partial charge is 0.371 e. The van der Waals surface area contributed by atoms with Crippen LogP contribution in [-0.2, 0) is 27.4 Å². The van der Waals surface area contributed by atoms with Crippen molar-refractivity contribution in [1.82, 2.24) is 0 Å². The summed E-state index contributed by atoms with van der Waals surface area (Å²) < 4.78 is 17.5. The molecular formula is C20H24O4. The summed E-state index contributed by atoms with van der Waals surface area (Å²) in [4.78, 5) is 0. The van der Waals surface area contributed by atoms with E-state index in [0.29, 0.717) is 19.6 Å². The van der Waals surface area contributed by atoms with Crippen molar-refractivity contribution >= 4 is 0 Å². The summed E-state index contributed by atoms with van der Waals surface area (Å²) in [5, 5.41) is 10.3. The van der Waals surface area contributed by atoms with E-state index in [1.54, 1.807) is 0 Å². The summed E-state index contributed by atoms with van der Waals surface area (Å²) in [5.74, 6) is 0. The third-order valence-corrected chi connectivity index (χ3v) is 4.18. The lowest BCUT2D eigenvalue weighted by atomic mass is 10.0. The van der Waals surface area contributed by atoms with Gasteiger partial charge in [-0.15, -0.1) is 0 Å². The van der Waals surface area contributed by atoms with E-state index in [1.807, 2.05) is 67.6 Å². The van der Waals surface area contributed by atoms with Crippen LogP contribution in [0.3, 0.4) is 0 Å². The van der Waals surface area contributed by atoms with E-state index in [4.69, 9.17) is 14.2 Å². The second-order valence-electron chi connectivity index (χ2n) is 6.17. The van der Waals surface area contributed by atoms with Crippen molar-refractivity contribution in [2.24, 2.45) is 0 Å². The van der Waals surface area contributed by atoms with Gasteiger partial charge in [0.05, 0.1) is 25.4 Å². The molecule has 0 bridgehead atoms. The normalized spacial score (nSPS) is 27.1. The van der Waals surface area contributed by atoms with Gasteiger partial charge in [-0.2, -0.15) is 0 Å². The fourth-order valence-corrected chi connectivity index (χ4v) is 2.91. The number of ether oxygens (including phenoxy) is 3. The first-order valence-electron chi connectivity index (χ1n) is 8.37. The zero-order valence-corrected chi connectivity index (χ0v) is 13.9. The van der Waals surface area contributed by atoms with Gasteiger partial charge >= 0.3 is 0 Å². The van der Waals surface area contributed by atoms with Crippen LogP contribution < -0.4 is 0 Å². The highest BCUT2D eigenvalue weighted by molar-refractivity contribution is 5.14. The molecule has 1 saturated heterocycles. The number of aliphatic hydroxyl groups is 1. The van der Waals surface area contributed by atoms with Gasteiger partial charge in [-0.05, 0) is 18.1 Å². The van der Waals surface area contributed by atoms with Crippen LogP contribution in [0.4, 0.5) is 0 Å². The molecule has 3 rings (SSSR count). The minimum Gasteiger partial charge on any atom is -0.371 e. The van der Waals surface area contributed by atoms with Crippen LogP contribution in [0.25, 0.3) is 0 Å². The van der Waals surface area contributed by atoms with Crippen LogP contribution in [-0.4, -0.2) is 29.7 Å². The summed E-state index contributed by atoms with van der Waals surface area (Å²) >= 11 is 0. The number of hydrogen-bond donors (Lipinski definition) is 1. The summed E-state index contributed by atoms with van der Waals surface area (Å²) in [7, 11) is 0. The van der Waals surface area contributed by atoms with E-state index in [9.17, 15) is 5.11 Å². The molecule has 0 radical (unpaired) electrons. The Kier molecular flexibility index (Phi) is 5.99. The Balaban J connectivity index is 1.61. The van der Waals surface area contributed by atoms with Gasteiger partial charge in [-0.1, -0.05) is 60.7 Å². The molecule has 0 saturated carbocycles. The van der Waals surface area contributed by atoms with E-state index in [1.165, 1.54) is 0 Å². The molecule has 4 nitrogen and oxygen atoms in total.